The van der Waals surface area contributed by atoms with Crippen molar-refractivity contribution in [3.05, 3.63) is 32.8 Å². The first-order valence-electron chi connectivity index (χ1n) is 5.75. The molecule has 1 N–H and O–H groups in total. The molecule has 1 atom stereocenters. The van der Waals surface area contributed by atoms with Crippen LogP contribution in [0.25, 0.3) is 0 Å². The smallest absolute Gasteiger partial charge is 0.271 e. The minimum absolute atomic E-state index is 0.110. The molecule has 0 aliphatic carbocycles. The quantitative estimate of drug-likeness (QED) is 0.628. The zero-order valence-corrected chi connectivity index (χ0v) is 11.7. The van der Waals surface area contributed by atoms with E-state index in [2.05, 4.69) is 35.1 Å². The average Bonchev–Trinajstić information content (AvgIpc) is 2.29. The molecule has 0 spiro atoms. The number of hydrogen-bond donors (Lipinski definition) is 1. The third kappa shape index (κ3) is 4.34. The van der Waals surface area contributed by atoms with Crippen molar-refractivity contribution in [2.24, 2.45) is 0 Å². The SMILES string of the molecule is CCCCC(C)Nc1cc([N+](=O)[O-])ccc1Br. The number of nitrogens with one attached hydrogen (secondary N) is 1. The number of nitrogens with zero attached hydrogens (tertiary/aromatic N) is 1. The molecule has 0 saturated carbocycles. The molecule has 1 aromatic carbocycles. The minimum atomic E-state index is -0.381. The Morgan fingerprint density at radius 2 is 2.24 bits per heavy atom. The van der Waals surface area contributed by atoms with E-state index in [9.17, 15) is 10.1 Å². The molecule has 4 nitrogen and oxygen atoms in total. The highest BCUT2D eigenvalue weighted by Crippen LogP contribution is 2.28. The van der Waals surface area contributed by atoms with Gasteiger partial charge in [-0.1, -0.05) is 19.8 Å². The van der Waals surface area contributed by atoms with E-state index in [-0.39, 0.29) is 10.6 Å². The lowest BCUT2D eigenvalue weighted by atomic mass is 10.1. The van der Waals surface area contributed by atoms with E-state index < -0.39 is 0 Å². The molecular formula is C12H17BrN2O2. The Labute approximate surface area is 110 Å². The van der Waals surface area contributed by atoms with Gasteiger partial charge in [-0.2, -0.15) is 0 Å². The maximum absolute atomic E-state index is 10.7. The Kier molecular flexibility index (Phi) is 5.41. The van der Waals surface area contributed by atoms with Crippen LogP contribution in [-0.2, 0) is 0 Å². The topological polar surface area (TPSA) is 55.2 Å². The largest absolute Gasteiger partial charge is 0.381 e. The highest BCUT2D eigenvalue weighted by molar-refractivity contribution is 9.10. The van der Waals surface area contributed by atoms with Crippen molar-refractivity contribution >= 4 is 27.3 Å². The van der Waals surface area contributed by atoms with Gasteiger partial charge in [0.05, 0.1) is 10.6 Å². The fraction of sp³-hybridized carbons (Fsp3) is 0.500. The molecule has 0 aliphatic heterocycles. The van der Waals surface area contributed by atoms with Gasteiger partial charge in [-0.05, 0) is 35.3 Å². The molecule has 17 heavy (non-hydrogen) atoms. The van der Waals surface area contributed by atoms with Crippen LogP contribution in [0.4, 0.5) is 11.4 Å². The highest BCUT2D eigenvalue weighted by Gasteiger charge is 2.11. The fourth-order valence-corrected chi connectivity index (χ4v) is 1.95. The van der Waals surface area contributed by atoms with Crippen molar-refractivity contribution in [1.82, 2.24) is 0 Å². The monoisotopic (exact) mass is 300 g/mol. The van der Waals surface area contributed by atoms with Gasteiger partial charge < -0.3 is 5.32 Å². The summed E-state index contributed by atoms with van der Waals surface area (Å²) in [5, 5.41) is 14.0. The summed E-state index contributed by atoms with van der Waals surface area (Å²) in [5.41, 5.74) is 0.890. The van der Waals surface area contributed by atoms with Crippen LogP contribution in [0.5, 0.6) is 0 Å². The Hall–Kier alpha value is -1.10. The van der Waals surface area contributed by atoms with Crippen molar-refractivity contribution in [1.29, 1.82) is 0 Å². The van der Waals surface area contributed by atoms with Crippen molar-refractivity contribution in [3.8, 4) is 0 Å². The van der Waals surface area contributed by atoms with Crippen molar-refractivity contribution in [3.63, 3.8) is 0 Å². The molecule has 1 rings (SSSR count). The summed E-state index contributed by atoms with van der Waals surface area (Å²) < 4.78 is 0.853. The van der Waals surface area contributed by atoms with Gasteiger partial charge in [0.1, 0.15) is 0 Å². The van der Waals surface area contributed by atoms with Gasteiger partial charge in [0.25, 0.3) is 5.69 Å². The lowest BCUT2D eigenvalue weighted by Gasteiger charge is -2.15. The van der Waals surface area contributed by atoms with Gasteiger partial charge in [-0.15, -0.1) is 0 Å². The van der Waals surface area contributed by atoms with E-state index in [0.29, 0.717) is 6.04 Å². The molecule has 0 aromatic heterocycles. The number of nitro groups is 1. The zero-order chi connectivity index (χ0) is 12.8. The van der Waals surface area contributed by atoms with Crippen LogP contribution in [-0.4, -0.2) is 11.0 Å². The second-order valence-electron chi connectivity index (χ2n) is 4.11. The highest BCUT2D eigenvalue weighted by atomic mass is 79.9. The average molecular weight is 301 g/mol. The van der Waals surface area contributed by atoms with Crippen molar-refractivity contribution in [2.45, 2.75) is 39.2 Å². The maximum Gasteiger partial charge on any atom is 0.271 e. The Balaban J connectivity index is 2.75. The Bertz CT molecular complexity index is 396. The Morgan fingerprint density at radius 1 is 1.53 bits per heavy atom. The van der Waals surface area contributed by atoms with Gasteiger partial charge >= 0.3 is 0 Å². The standard InChI is InChI=1S/C12H17BrN2O2/c1-3-4-5-9(2)14-12-8-10(15(16)17)6-7-11(12)13/h6-9,14H,3-5H2,1-2H3. The van der Waals surface area contributed by atoms with Crippen molar-refractivity contribution in [2.75, 3.05) is 5.32 Å². The van der Waals surface area contributed by atoms with E-state index >= 15 is 0 Å². The van der Waals surface area contributed by atoms with E-state index in [1.165, 1.54) is 6.07 Å². The zero-order valence-electron chi connectivity index (χ0n) is 10.1. The van der Waals surface area contributed by atoms with Gasteiger partial charge in [0.15, 0.2) is 0 Å². The molecule has 1 aromatic rings. The van der Waals surface area contributed by atoms with E-state index in [1.54, 1.807) is 12.1 Å². The summed E-state index contributed by atoms with van der Waals surface area (Å²) in [5.74, 6) is 0. The minimum Gasteiger partial charge on any atom is -0.381 e. The second-order valence-corrected chi connectivity index (χ2v) is 4.96. The predicted octanol–water partition coefficient (Wildman–Crippen LogP) is 4.35. The summed E-state index contributed by atoms with van der Waals surface area (Å²) in [6, 6.07) is 5.07. The lowest BCUT2D eigenvalue weighted by molar-refractivity contribution is -0.384. The van der Waals surface area contributed by atoms with Gasteiger partial charge in [0, 0.05) is 22.6 Å². The third-order valence-electron chi connectivity index (χ3n) is 2.55. The number of hydrogen-bond acceptors (Lipinski definition) is 3. The van der Waals surface area contributed by atoms with Gasteiger partial charge in [0.2, 0.25) is 0 Å². The summed E-state index contributed by atoms with van der Waals surface area (Å²) in [4.78, 5) is 10.3. The van der Waals surface area contributed by atoms with Gasteiger partial charge in [-0.3, -0.25) is 10.1 Å². The lowest BCUT2D eigenvalue weighted by Crippen LogP contribution is -2.15. The summed E-state index contributed by atoms with van der Waals surface area (Å²) in [7, 11) is 0. The van der Waals surface area contributed by atoms with Crippen molar-refractivity contribution < 1.29 is 4.92 Å². The Morgan fingerprint density at radius 3 is 2.82 bits per heavy atom. The molecule has 5 heteroatoms. The molecule has 0 fully saturated rings. The first-order valence-corrected chi connectivity index (χ1v) is 6.54. The number of halogens is 1. The first kappa shape index (κ1) is 14.0. The van der Waals surface area contributed by atoms with Crippen LogP contribution in [0.3, 0.4) is 0 Å². The van der Waals surface area contributed by atoms with E-state index in [1.807, 2.05) is 0 Å². The number of benzene rings is 1. The number of anilines is 1. The molecule has 0 radical (unpaired) electrons. The van der Waals surface area contributed by atoms with E-state index in [0.717, 1.165) is 29.4 Å². The van der Waals surface area contributed by atoms with Gasteiger partial charge in [-0.25, -0.2) is 0 Å². The third-order valence-corrected chi connectivity index (χ3v) is 3.24. The molecular weight excluding hydrogens is 284 g/mol. The first-order chi connectivity index (χ1) is 8.04. The number of non-ortho nitro benzene ring substituents is 1. The van der Waals surface area contributed by atoms with Crippen LogP contribution in [0.15, 0.2) is 22.7 Å². The summed E-state index contributed by atoms with van der Waals surface area (Å²) in [6.45, 7) is 4.23. The molecule has 0 heterocycles. The maximum atomic E-state index is 10.7. The molecule has 1 unspecified atom stereocenters. The normalized spacial score (nSPS) is 12.2. The van der Waals surface area contributed by atoms with Crippen LogP contribution in [0, 0.1) is 10.1 Å². The number of nitro benzene ring substituents is 1. The number of unbranched alkanes of at least 4 members (excludes halogenated alkanes) is 1. The predicted molar refractivity (Wildman–Crippen MR) is 73.4 cm³/mol. The molecule has 94 valence electrons. The fourth-order valence-electron chi connectivity index (χ4n) is 1.59. The molecule has 0 amide bonds. The molecule has 0 saturated heterocycles. The van der Waals surface area contributed by atoms with E-state index in [4.69, 9.17) is 0 Å². The summed E-state index contributed by atoms with van der Waals surface area (Å²) in [6.07, 6.45) is 3.37. The second kappa shape index (κ2) is 6.59. The number of rotatable bonds is 6. The van der Waals surface area contributed by atoms with Crippen LogP contribution >= 0.6 is 15.9 Å². The van der Waals surface area contributed by atoms with Crippen LogP contribution in [0.2, 0.25) is 0 Å². The van der Waals surface area contributed by atoms with Crippen LogP contribution < -0.4 is 5.32 Å². The summed E-state index contributed by atoms with van der Waals surface area (Å²) >= 11 is 3.39. The molecule has 0 bridgehead atoms. The van der Waals surface area contributed by atoms with Crippen LogP contribution in [0.1, 0.15) is 33.1 Å². The molecule has 0 aliphatic rings.